The summed E-state index contributed by atoms with van der Waals surface area (Å²) in [5.41, 5.74) is 1.16. The average molecular weight is 253 g/mol. The first-order valence-electron chi connectivity index (χ1n) is 6.64. The number of nitrogens with zero attached hydrogens (tertiary/aromatic N) is 2. The minimum atomic E-state index is 0.660. The molecular formula is C14H21ClN2. The lowest BCUT2D eigenvalue weighted by Crippen LogP contribution is -2.38. The molecule has 94 valence electrons. The summed E-state index contributed by atoms with van der Waals surface area (Å²) in [6.07, 6.45) is 8.36. The predicted octanol–water partition coefficient (Wildman–Crippen LogP) is 3.89. The van der Waals surface area contributed by atoms with Gasteiger partial charge in [-0.2, -0.15) is 0 Å². The number of rotatable bonds is 4. The molecule has 1 saturated heterocycles. The largest absolute Gasteiger partial charge is 0.296 e. The molecule has 1 aliphatic rings. The Hall–Kier alpha value is -0.600. The predicted molar refractivity (Wildman–Crippen MR) is 72.2 cm³/mol. The lowest BCUT2D eigenvalue weighted by molar-refractivity contribution is 0.131. The lowest BCUT2D eigenvalue weighted by Gasteiger charge is -2.35. The molecule has 1 aromatic rings. The zero-order chi connectivity index (χ0) is 12.1. The molecule has 2 heterocycles. The third-order valence-corrected chi connectivity index (χ3v) is 3.92. The van der Waals surface area contributed by atoms with Gasteiger partial charge in [0, 0.05) is 24.3 Å². The Bertz CT molecular complexity index is 352. The van der Waals surface area contributed by atoms with Crippen LogP contribution in [0.5, 0.6) is 0 Å². The first kappa shape index (κ1) is 12.8. The van der Waals surface area contributed by atoms with Crippen LogP contribution in [-0.2, 0) is 6.54 Å². The molecule has 1 aliphatic heterocycles. The number of hydrogen-bond donors (Lipinski definition) is 0. The summed E-state index contributed by atoms with van der Waals surface area (Å²) in [6.45, 7) is 4.43. The minimum absolute atomic E-state index is 0.660. The smallest absolute Gasteiger partial charge is 0.133 e. The van der Waals surface area contributed by atoms with E-state index in [0.717, 1.165) is 18.2 Å². The second kappa shape index (κ2) is 6.36. The molecule has 0 radical (unpaired) electrons. The quantitative estimate of drug-likeness (QED) is 0.756. The molecule has 1 atom stereocenters. The Morgan fingerprint density at radius 2 is 2.35 bits per heavy atom. The van der Waals surface area contributed by atoms with E-state index in [9.17, 15) is 0 Å². The van der Waals surface area contributed by atoms with E-state index in [2.05, 4.69) is 22.9 Å². The molecule has 0 saturated carbocycles. The SMILES string of the molecule is CCCC1CCCCN1Cc1cccnc1Cl. The van der Waals surface area contributed by atoms with E-state index in [4.69, 9.17) is 11.6 Å². The van der Waals surface area contributed by atoms with E-state index in [0.29, 0.717) is 5.15 Å². The molecule has 2 rings (SSSR count). The second-order valence-corrected chi connectivity index (χ2v) is 5.22. The molecule has 17 heavy (non-hydrogen) atoms. The van der Waals surface area contributed by atoms with E-state index in [1.165, 1.54) is 38.6 Å². The fourth-order valence-electron chi connectivity index (χ4n) is 2.68. The van der Waals surface area contributed by atoms with Gasteiger partial charge in [0.25, 0.3) is 0 Å². The normalized spacial score (nSPS) is 21.6. The van der Waals surface area contributed by atoms with Crippen molar-refractivity contribution in [1.29, 1.82) is 0 Å². The molecule has 0 spiro atoms. The van der Waals surface area contributed by atoms with Crippen molar-refractivity contribution in [2.75, 3.05) is 6.54 Å². The molecule has 0 amide bonds. The highest BCUT2D eigenvalue weighted by Gasteiger charge is 2.22. The molecule has 0 N–H and O–H groups in total. The number of pyridine rings is 1. The molecule has 3 heteroatoms. The zero-order valence-electron chi connectivity index (χ0n) is 10.5. The van der Waals surface area contributed by atoms with Crippen molar-refractivity contribution in [2.45, 2.75) is 51.6 Å². The van der Waals surface area contributed by atoms with Gasteiger partial charge in [-0.1, -0.05) is 37.4 Å². The van der Waals surface area contributed by atoms with Gasteiger partial charge in [0.15, 0.2) is 0 Å². The molecule has 0 aromatic carbocycles. The van der Waals surface area contributed by atoms with E-state index >= 15 is 0 Å². The second-order valence-electron chi connectivity index (χ2n) is 4.86. The third-order valence-electron chi connectivity index (χ3n) is 3.58. The average Bonchev–Trinajstić information content (AvgIpc) is 2.35. The van der Waals surface area contributed by atoms with Gasteiger partial charge in [0.2, 0.25) is 0 Å². The monoisotopic (exact) mass is 252 g/mol. The van der Waals surface area contributed by atoms with Crippen molar-refractivity contribution in [2.24, 2.45) is 0 Å². The van der Waals surface area contributed by atoms with Crippen LogP contribution in [0, 0.1) is 0 Å². The van der Waals surface area contributed by atoms with Gasteiger partial charge >= 0.3 is 0 Å². The summed E-state index contributed by atoms with van der Waals surface area (Å²) in [6, 6.07) is 4.80. The molecule has 1 aromatic heterocycles. The van der Waals surface area contributed by atoms with E-state index in [-0.39, 0.29) is 0 Å². The summed E-state index contributed by atoms with van der Waals surface area (Å²) in [5.74, 6) is 0. The topological polar surface area (TPSA) is 16.1 Å². The Morgan fingerprint density at radius 3 is 3.12 bits per heavy atom. The van der Waals surface area contributed by atoms with Gasteiger partial charge in [0.1, 0.15) is 5.15 Å². The third kappa shape index (κ3) is 3.43. The number of aromatic nitrogens is 1. The van der Waals surface area contributed by atoms with Crippen LogP contribution in [0.25, 0.3) is 0 Å². The molecule has 0 aliphatic carbocycles. The van der Waals surface area contributed by atoms with Crippen molar-refractivity contribution < 1.29 is 0 Å². The van der Waals surface area contributed by atoms with Crippen LogP contribution in [0.2, 0.25) is 5.15 Å². The summed E-state index contributed by atoms with van der Waals surface area (Å²) >= 11 is 6.13. The maximum Gasteiger partial charge on any atom is 0.133 e. The van der Waals surface area contributed by atoms with Crippen molar-refractivity contribution >= 4 is 11.6 Å². The maximum atomic E-state index is 6.13. The molecule has 1 fully saturated rings. The standard InChI is InChI=1S/C14H21ClN2/c1-2-6-13-8-3-4-10-17(13)11-12-7-5-9-16-14(12)15/h5,7,9,13H,2-4,6,8,10-11H2,1H3. The fraction of sp³-hybridized carbons (Fsp3) is 0.643. The highest BCUT2D eigenvalue weighted by molar-refractivity contribution is 6.30. The highest BCUT2D eigenvalue weighted by Crippen LogP contribution is 2.24. The Balaban J connectivity index is 2.03. The summed E-state index contributed by atoms with van der Waals surface area (Å²) in [5, 5.41) is 0.660. The Kier molecular flexibility index (Phi) is 4.81. The van der Waals surface area contributed by atoms with Gasteiger partial charge in [-0.25, -0.2) is 4.98 Å². The van der Waals surface area contributed by atoms with Gasteiger partial charge in [-0.15, -0.1) is 0 Å². The van der Waals surface area contributed by atoms with Crippen molar-refractivity contribution in [3.05, 3.63) is 29.0 Å². The molecular weight excluding hydrogens is 232 g/mol. The van der Waals surface area contributed by atoms with Crippen molar-refractivity contribution in [3.63, 3.8) is 0 Å². The zero-order valence-corrected chi connectivity index (χ0v) is 11.3. The van der Waals surface area contributed by atoms with E-state index in [1.807, 2.05) is 6.07 Å². The lowest BCUT2D eigenvalue weighted by atomic mass is 9.98. The van der Waals surface area contributed by atoms with Crippen molar-refractivity contribution in [1.82, 2.24) is 9.88 Å². The molecule has 0 bridgehead atoms. The van der Waals surface area contributed by atoms with Crippen LogP contribution in [0.1, 0.15) is 44.6 Å². The van der Waals surface area contributed by atoms with Crippen LogP contribution >= 0.6 is 11.6 Å². The van der Waals surface area contributed by atoms with Gasteiger partial charge in [0.05, 0.1) is 0 Å². The Morgan fingerprint density at radius 1 is 1.47 bits per heavy atom. The molecule has 1 unspecified atom stereocenters. The number of hydrogen-bond acceptors (Lipinski definition) is 2. The summed E-state index contributed by atoms with van der Waals surface area (Å²) in [7, 11) is 0. The van der Waals surface area contributed by atoms with Crippen LogP contribution in [0.15, 0.2) is 18.3 Å². The fourth-order valence-corrected chi connectivity index (χ4v) is 2.86. The number of likely N-dealkylation sites (tertiary alicyclic amines) is 1. The van der Waals surface area contributed by atoms with E-state index in [1.54, 1.807) is 6.20 Å². The summed E-state index contributed by atoms with van der Waals surface area (Å²) < 4.78 is 0. The van der Waals surface area contributed by atoms with Crippen LogP contribution in [0.4, 0.5) is 0 Å². The first-order valence-corrected chi connectivity index (χ1v) is 7.02. The number of halogens is 1. The Labute approximate surface area is 109 Å². The number of piperidine rings is 1. The maximum absolute atomic E-state index is 6.13. The van der Waals surface area contributed by atoms with Crippen LogP contribution in [-0.4, -0.2) is 22.5 Å². The van der Waals surface area contributed by atoms with Crippen LogP contribution < -0.4 is 0 Å². The van der Waals surface area contributed by atoms with Crippen LogP contribution in [0.3, 0.4) is 0 Å². The van der Waals surface area contributed by atoms with Crippen molar-refractivity contribution in [3.8, 4) is 0 Å². The van der Waals surface area contributed by atoms with Gasteiger partial charge < -0.3 is 0 Å². The minimum Gasteiger partial charge on any atom is -0.296 e. The highest BCUT2D eigenvalue weighted by atomic mass is 35.5. The van der Waals surface area contributed by atoms with Gasteiger partial charge in [-0.05, 0) is 31.9 Å². The summed E-state index contributed by atoms with van der Waals surface area (Å²) in [4.78, 5) is 6.73. The molecule has 2 nitrogen and oxygen atoms in total. The van der Waals surface area contributed by atoms with Gasteiger partial charge in [-0.3, -0.25) is 4.90 Å². The van der Waals surface area contributed by atoms with E-state index < -0.39 is 0 Å². The first-order chi connectivity index (χ1) is 8.31.